The predicted octanol–water partition coefficient (Wildman–Crippen LogP) is 1.89. The van der Waals surface area contributed by atoms with Crippen molar-refractivity contribution in [3.05, 3.63) is 22.7 Å². The van der Waals surface area contributed by atoms with Crippen LogP contribution in [-0.4, -0.2) is 49.8 Å². The lowest BCUT2D eigenvalue weighted by Crippen LogP contribution is -2.56. The van der Waals surface area contributed by atoms with Gasteiger partial charge in [0.25, 0.3) is 0 Å². The first-order chi connectivity index (χ1) is 9.98. The number of rotatable bonds is 2. The lowest BCUT2D eigenvalue weighted by molar-refractivity contribution is 0.0852. The van der Waals surface area contributed by atoms with Gasteiger partial charge in [0.2, 0.25) is 10.0 Å². The highest BCUT2D eigenvalue weighted by atomic mass is 79.9. The number of halogens is 1. The minimum absolute atomic E-state index is 0.285. The van der Waals surface area contributed by atoms with Crippen LogP contribution in [0, 0.1) is 0 Å². The van der Waals surface area contributed by atoms with Crippen molar-refractivity contribution >= 4 is 31.6 Å². The molecule has 0 saturated carbocycles. The molecule has 1 atom stereocenters. The number of piperidine rings is 1. The monoisotopic (exact) mass is 373 g/mol. The van der Waals surface area contributed by atoms with Gasteiger partial charge in [0.15, 0.2) is 0 Å². The van der Waals surface area contributed by atoms with E-state index in [9.17, 15) is 8.42 Å². The second-order valence-electron chi connectivity index (χ2n) is 5.73. The van der Waals surface area contributed by atoms with E-state index in [2.05, 4.69) is 20.8 Å². The van der Waals surface area contributed by atoms with Gasteiger partial charge in [-0.2, -0.15) is 4.31 Å². The fourth-order valence-electron chi connectivity index (χ4n) is 3.18. The van der Waals surface area contributed by atoms with Crippen molar-refractivity contribution in [2.75, 3.05) is 31.9 Å². The first kappa shape index (κ1) is 15.3. The first-order valence-electron chi connectivity index (χ1n) is 7.28. The molecule has 21 heavy (non-hydrogen) atoms. The summed E-state index contributed by atoms with van der Waals surface area (Å²) in [5, 5.41) is 0. The molecule has 0 spiro atoms. The van der Waals surface area contributed by atoms with Crippen molar-refractivity contribution in [3.63, 3.8) is 0 Å². The summed E-state index contributed by atoms with van der Waals surface area (Å²) < 4.78 is 27.9. The summed E-state index contributed by atoms with van der Waals surface area (Å²) >= 11 is 3.30. The average Bonchev–Trinajstić information content (AvgIpc) is 2.49. The number of benzene rings is 1. The Morgan fingerprint density at radius 1 is 1.19 bits per heavy atom. The second kappa shape index (κ2) is 5.87. The maximum atomic E-state index is 12.8. The van der Waals surface area contributed by atoms with Crippen LogP contribution in [0.25, 0.3) is 0 Å². The molecule has 1 unspecified atom stereocenters. The molecule has 0 amide bonds. The summed E-state index contributed by atoms with van der Waals surface area (Å²) in [6.07, 6.45) is 3.52. The van der Waals surface area contributed by atoms with Crippen LogP contribution in [0.1, 0.15) is 19.3 Å². The zero-order valence-electron chi connectivity index (χ0n) is 11.8. The summed E-state index contributed by atoms with van der Waals surface area (Å²) in [5.74, 6) is 0. The molecule has 2 aliphatic heterocycles. The van der Waals surface area contributed by atoms with Crippen LogP contribution in [-0.2, 0) is 10.0 Å². The SMILES string of the molecule is Nc1cc(S(=O)(=O)N2CCN3CCCCC3C2)ccc1Br. The van der Waals surface area contributed by atoms with E-state index in [1.165, 1.54) is 18.9 Å². The van der Waals surface area contributed by atoms with Crippen LogP contribution >= 0.6 is 15.9 Å². The Hall–Kier alpha value is -0.630. The molecular weight excluding hydrogens is 354 g/mol. The third kappa shape index (κ3) is 2.97. The van der Waals surface area contributed by atoms with E-state index >= 15 is 0 Å². The first-order valence-corrected chi connectivity index (χ1v) is 9.51. The number of nitrogen functional groups attached to an aromatic ring is 1. The van der Waals surface area contributed by atoms with Crippen molar-refractivity contribution in [2.24, 2.45) is 0 Å². The molecule has 2 heterocycles. The lowest BCUT2D eigenvalue weighted by Gasteiger charge is -2.43. The van der Waals surface area contributed by atoms with Crippen LogP contribution < -0.4 is 5.73 Å². The number of nitrogens with two attached hydrogens (primary N) is 1. The summed E-state index contributed by atoms with van der Waals surface area (Å²) in [6, 6.07) is 5.21. The summed E-state index contributed by atoms with van der Waals surface area (Å²) in [6.45, 7) is 3.09. The summed E-state index contributed by atoms with van der Waals surface area (Å²) in [5.41, 5.74) is 6.27. The Kier molecular flexibility index (Phi) is 4.27. The van der Waals surface area contributed by atoms with E-state index in [0.717, 1.165) is 24.0 Å². The van der Waals surface area contributed by atoms with Crippen LogP contribution in [0.15, 0.2) is 27.6 Å². The summed E-state index contributed by atoms with van der Waals surface area (Å²) in [7, 11) is -3.45. The molecule has 0 aromatic heterocycles. The van der Waals surface area contributed by atoms with Crippen molar-refractivity contribution in [1.82, 2.24) is 9.21 Å². The van der Waals surface area contributed by atoms with E-state index < -0.39 is 10.0 Å². The van der Waals surface area contributed by atoms with E-state index in [1.807, 2.05) is 0 Å². The molecule has 1 aromatic carbocycles. The predicted molar refractivity (Wildman–Crippen MR) is 86.5 cm³/mol. The maximum Gasteiger partial charge on any atom is 0.243 e. The highest BCUT2D eigenvalue weighted by molar-refractivity contribution is 9.10. The molecule has 2 saturated heterocycles. The largest absolute Gasteiger partial charge is 0.398 e. The molecule has 2 aliphatic rings. The Morgan fingerprint density at radius 2 is 2.00 bits per heavy atom. The minimum Gasteiger partial charge on any atom is -0.398 e. The van der Waals surface area contributed by atoms with E-state index in [-0.39, 0.29) is 4.90 Å². The minimum atomic E-state index is -3.45. The number of piperazine rings is 1. The number of anilines is 1. The number of fused-ring (bicyclic) bond motifs is 1. The van der Waals surface area contributed by atoms with Crippen LogP contribution in [0.5, 0.6) is 0 Å². The van der Waals surface area contributed by atoms with Crippen molar-refractivity contribution in [2.45, 2.75) is 30.2 Å². The fraction of sp³-hybridized carbons (Fsp3) is 0.571. The van der Waals surface area contributed by atoms with Crippen molar-refractivity contribution in [1.29, 1.82) is 0 Å². The van der Waals surface area contributed by atoms with Crippen molar-refractivity contribution in [3.8, 4) is 0 Å². The molecule has 116 valence electrons. The van der Waals surface area contributed by atoms with Gasteiger partial charge in [-0.3, -0.25) is 4.90 Å². The Balaban J connectivity index is 1.83. The number of hydrogen-bond acceptors (Lipinski definition) is 4. The molecule has 0 bridgehead atoms. The van der Waals surface area contributed by atoms with Crippen LogP contribution in [0.2, 0.25) is 0 Å². The molecule has 0 radical (unpaired) electrons. The van der Waals surface area contributed by atoms with Gasteiger partial charge in [-0.15, -0.1) is 0 Å². The van der Waals surface area contributed by atoms with Gasteiger partial charge in [-0.25, -0.2) is 8.42 Å². The molecular formula is C14H20BrN3O2S. The topological polar surface area (TPSA) is 66.6 Å². The average molecular weight is 374 g/mol. The van der Waals surface area contributed by atoms with Gasteiger partial charge < -0.3 is 5.73 Å². The zero-order valence-corrected chi connectivity index (χ0v) is 14.2. The number of hydrogen-bond donors (Lipinski definition) is 1. The lowest BCUT2D eigenvalue weighted by atomic mass is 10.0. The van der Waals surface area contributed by atoms with Gasteiger partial charge in [0, 0.05) is 35.8 Å². The second-order valence-corrected chi connectivity index (χ2v) is 8.52. The fourth-order valence-corrected chi connectivity index (χ4v) is 4.93. The molecule has 2 fully saturated rings. The molecule has 3 rings (SSSR count). The van der Waals surface area contributed by atoms with Gasteiger partial charge in [-0.05, 0) is 53.5 Å². The van der Waals surface area contributed by atoms with Crippen LogP contribution in [0.3, 0.4) is 0 Å². The molecule has 2 N–H and O–H groups in total. The molecule has 1 aromatic rings. The summed E-state index contributed by atoms with van der Waals surface area (Å²) in [4.78, 5) is 2.71. The highest BCUT2D eigenvalue weighted by Crippen LogP contribution is 2.28. The third-order valence-electron chi connectivity index (χ3n) is 4.41. The molecule has 5 nitrogen and oxygen atoms in total. The van der Waals surface area contributed by atoms with Crippen molar-refractivity contribution < 1.29 is 8.42 Å². The van der Waals surface area contributed by atoms with Gasteiger partial charge >= 0.3 is 0 Å². The van der Waals surface area contributed by atoms with E-state index in [0.29, 0.717) is 24.8 Å². The highest BCUT2D eigenvalue weighted by Gasteiger charge is 2.35. The Labute approximate surface area is 134 Å². The van der Waals surface area contributed by atoms with Gasteiger partial charge in [0.1, 0.15) is 0 Å². The quantitative estimate of drug-likeness (QED) is 0.803. The maximum absolute atomic E-state index is 12.8. The Morgan fingerprint density at radius 3 is 2.76 bits per heavy atom. The molecule has 7 heteroatoms. The number of sulfonamides is 1. The van der Waals surface area contributed by atoms with Gasteiger partial charge in [0.05, 0.1) is 4.90 Å². The third-order valence-corrected chi connectivity index (χ3v) is 6.99. The van der Waals surface area contributed by atoms with E-state index in [1.54, 1.807) is 16.4 Å². The van der Waals surface area contributed by atoms with Gasteiger partial charge in [-0.1, -0.05) is 6.42 Å². The smallest absolute Gasteiger partial charge is 0.243 e. The normalized spacial score (nSPS) is 24.7. The standard InChI is InChI=1S/C14H20BrN3O2S/c15-13-5-4-12(9-14(13)16)21(19,20)18-8-7-17-6-2-1-3-11(17)10-18/h4-5,9,11H,1-3,6-8,10,16H2. The Bertz CT molecular complexity index is 635. The van der Waals surface area contributed by atoms with Crippen LogP contribution in [0.4, 0.5) is 5.69 Å². The number of nitrogens with zero attached hydrogens (tertiary/aromatic N) is 2. The molecule has 0 aliphatic carbocycles. The van der Waals surface area contributed by atoms with E-state index in [4.69, 9.17) is 5.73 Å². The zero-order chi connectivity index (χ0) is 15.0.